The summed E-state index contributed by atoms with van der Waals surface area (Å²) in [6.45, 7) is 8.03. The fraction of sp³-hybridized carbons (Fsp3) is 0.333. The zero-order valence-electron chi connectivity index (χ0n) is 20.2. The van der Waals surface area contributed by atoms with E-state index in [1.54, 1.807) is 0 Å². The van der Waals surface area contributed by atoms with Gasteiger partial charge in [-0.25, -0.2) is 0 Å². The van der Waals surface area contributed by atoms with Crippen LogP contribution >= 0.6 is 0 Å². The summed E-state index contributed by atoms with van der Waals surface area (Å²) in [4.78, 5) is 0. The number of fused-ring (bicyclic) bond motifs is 3. The Kier molecular flexibility index (Phi) is 6.23. The molecule has 0 bridgehead atoms. The van der Waals surface area contributed by atoms with Crippen molar-refractivity contribution in [2.45, 2.75) is 51.7 Å². The average molecular weight is 457 g/mol. The van der Waals surface area contributed by atoms with Gasteiger partial charge in [0, 0.05) is 17.5 Å². The van der Waals surface area contributed by atoms with E-state index in [4.69, 9.17) is 18.9 Å². The third-order valence-electron chi connectivity index (χ3n) is 6.29. The molecule has 4 nitrogen and oxygen atoms in total. The Hall–Kier alpha value is -3.40. The highest BCUT2D eigenvalue weighted by atomic mass is 16.5. The number of ether oxygens (including phenoxy) is 4. The van der Waals surface area contributed by atoms with E-state index in [-0.39, 0.29) is 11.5 Å². The van der Waals surface area contributed by atoms with E-state index in [2.05, 4.69) is 63.3 Å². The minimum atomic E-state index is -0.301. The highest BCUT2D eigenvalue weighted by Crippen LogP contribution is 2.44. The lowest BCUT2D eigenvalue weighted by molar-refractivity contribution is 0.157. The van der Waals surface area contributed by atoms with Gasteiger partial charge < -0.3 is 18.9 Å². The Balaban J connectivity index is 1.41. The van der Waals surface area contributed by atoms with Gasteiger partial charge in [-0.3, -0.25) is 0 Å². The first-order valence-corrected chi connectivity index (χ1v) is 12.1. The van der Waals surface area contributed by atoms with Gasteiger partial charge in [-0.15, -0.1) is 0 Å². The molecule has 2 aliphatic rings. The summed E-state index contributed by atoms with van der Waals surface area (Å²) in [5, 5.41) is 0. The van der Waals surface area contributed by atoms with Crippen LogP contribution < -0.4 is 18.9 Å². The SMILES string of the molecule is CCCOc1ccc(C2COc3c(ccc4c3C=CC(C)(C)O4)C2)c(OCc2ccccc2)c1. The molecule has 0 fully saturated rings. The second-order valence-corrected chi connectivity index (χ2v) is 9.54. The molecule has 0 spiro atoms. The largest absolute Gasteiger partial charge is 0.493 e. The van der Waals surface area contributed by atoms with Crippen LogP contribution in [0.5, 0.6) is 23.0 Å². The van der Waals surface area contributed by atoms with Crippen molar-refractivity contribution >= 4 is 6.08 Å². The molecule has 34 heavy (non-hydrogen) atoms. The molecule has 3 aromatic rings. The number of rotatable bonds is 7. The third kappa shape index (κ3) is 4.77. The standard InChI is InChI=1S/C30H32O4/c1-4-16-31-24-11-12-25(28(18-24)32-19-21-8-6-5-7-9-21)23-17-22-10-13-27-26(29(22)33-20-23)14-15-30(2,3)34-27/h5-15,18,23H,4,16-17,19-20H2,1-3H3. The van der Waals surface area contributed by atoms with Crippen molar-refractivity contribution in [1.29, 1.82) is 0 Å². The summed E-state index contributed by atoms with van der Waals surface area (Å²) in [5.41, 5.74) is 4.23. The number of benzene rings is 3. The molecule has 0 amide bonds. The molecule has 3 aromatic carbocycles. The van der Waals surface area contributed by atoms with Crippen LogP contribution in [0.15, 0.2) is 66.7 Å². The summed E-state index contributed by atoms with van der Waals surface area (Å²) in [7, 11) is 0. The van der Waals surface area contributed by atoms with Crippen LogP contribution in [0, 0.1) is 0 Å². The van der Waals surface area contributed by atoms with Crippen LogP contribution in [0.1, 0.15) is 55.4 Å². The Morgan fingerprint density at radius 1 is 1.00 bits per heavy atom. The normalized spacial score (nSPS) is 17.7. The van der Waals surface area contributed by atoms with E-state index in [0.29, 0.717) is 19.8 Å². The van der Waals surface area contributed by atoms with Crippen LogP contribution in [0.3, 0.4) is 0 Å². The molecule has 0 saturated carbocycles. The van der Waals surface area contributed by atoms with E-state index in [0.717, 1.165) is 52.5 Å². The van der Waals surface area contributed by atoms with Crippen molar-refractivity contribution in [2.75, 3.05) is 13.2 Å². The van der Waals surface area contributed by atoms with Crippen LogP contribution in [0.4, 0.5) is 0 Å². The van der Waals surface area contributed by atoms with Gasteiger partial charge in [0.05, 0.1) is 18.8 Å². The van der Waals surface area contributed by atoms with Gasteiger partial charge in [0.2, 0.25) is 0 Å². The first kappa shape index (κ1) is 22.4. The van der Waals surface area contributed by atoms with E-state index in [9.17, 15) is 0 Å². The van der Waals surface area contributed by atoms with E-state index >= 15 is 0 Å². The Morgan fingerprint density at radius 3 is 2.68 bits per heavy atom. The van der Waals surface area contributed by atoms with E-state index < -0.39 is 0 Å². The molecular formula is C30H32O4. The topological polar surface area (TPSA) is 36.9 Å². The molecule has 0 aliphatic carbocycles. The van der Waals surface area contributed by atoms with Gasteiger partial charge in [0.15, 0.2) is 0 Å². The molecule has 4 heteroatoms. The predicted octanol–water partition coefficient (Wildman–Crippen LogP) is 6.96. The molecule has 1 unspecified atom stereocenters. The summed E-state index contributed by atoms with van der Waals surface area (Å²) in [5.74, 6) is 3.72. The van der Waals surface area contributed by atoms with Crippen molar-refractivity contribution in [3.8, 4) is 23.0 Å². The van der Waals surface area contributed by atoms with Gasteiger partial charge in [-0.05, 0) is 62.1 Å². The molecule has 0 saturated heterocycles. The molecule has 0 aromatic heterocycles. The van der Waals surface area contributed by atoms with Gasteiger partial charge in [-0.1, -0.05) is 49.4 Å². The third-order valence-corrected chi connectivity index (χ3v) is 6.29. The van der Waals surface area contributed by atoms with Gasteiger partial charge >= 0.3 is 0 Å². The van der Waals surface area contributed by atoms with Crippen LogP contribution in [0.25, 0.3) is 6.08 Å². The van der Waals surface area contributed by atoms with Crippen molar-refractivity contribution < 1.29 is 18.9 Å². The zero-order chi connectivity index (χ0) is 23.5. The molecule has 176 valence electrons. The van der Waals surface area contributed by atoms with Crippen LogP contribution in [0.2, 0.25) is 0 Å². The Labute approximate surface area is 202 Å². The summed E-state index contributed by atoms with van der Waals surface area (Å²) in [6, 6.07) is 20.7. The Bertz CT molecular complexity index is 1180. The summed E-state index contributed by atoms with van der Waals surface area (Å²) in [6.07, 6.45) is 6.08. The van der Waals surface area contributed by atoms with Crippen molar-refractivity contribution in [2.24, 2.45) is 0 Å². The van der Waals surface area contributed by atoms with E-state index in [1.165, 1.54) is 5.56 Å². The van der Waals surface area contributed by atoms with Crippen LogP contribution in [-0.4, -0.2) is 18.8 Å². The molecule has 0 radical (unpaired) electrons. The summed E-state index contributed by atoms with van der Waals surface area (Å²) < 4.78 is 24.7. The maximum atomic E-state index is 6.35. The quantitative estimate of drug-likeness (QED) is 0.385. The fourth-order valence-corrected chi connectivity index (χ4v) is 4.54. The van der Waals surface area contributed by atoms with Crippen molar-refractivity contribution in [3.05, 3.63) is 89.0 Å². The highest BCUT2D eigenvalue weighted by Gasteiger charge is 2.30. The zero-order valence-corrected chi connectivity index (χ0v) is 20.2. The lowest BCUT2D eigenvalue weighted by Gasteiger charge is -2.32. The monoisotopic (exact) mass is 456 g/mol. The molecule has 2 heterocycles. The minimum Gasteiger partial charge on any atom is -0.493 e. The van der Waals surface area contributed by atoms with Gasteiger partial charge in [-0.2, -0.15) is 0 Å². The maximum Gasteiger partial charge on any atom is 0.133 e. The van der Waals surface area contributed by atoms with Crippen LogP contribution in [-0.2, 0) is 13.0 Å². The molecule has 5 rings (SSSR count). The Morgan fingerprint density at radius 2 is 1.85 bits per heavy atom. The summed E-state index contributed by atoms with van der Waals surface area (Å²) >= 11 is 0. The van der Waals surface area contributed by atoms with Gasteiger partial charge in [0.25, 0.3) is 0 Å². The second kappa shape index (κ2) is 9.46. The molecular weight excluding hydrogens is 424 g/mol. The fourth-order valence-electron chi connectivity index (χ4n) is 4.54. The molecule has 2 aliphatic heterocycles. The number of hydrogen-bond acceptors (Lipinski definition) is 4. The highest BCUT2D eigenvalue weighted by molar-refractivity contribution is 5.69. The smallest absolute Gasteiger partial charge is 0.133 e. The molecule has 1 atom stereocenters. The molecule has 0 N–H and O–H groups in total. The first-order valence-electron chi connectivity index (χ1n) is 12.1. The number of hydrogen-bond donors (Lipinski definition) is 0. The lowest BCUT2D eigenvalue weighted by Crippen LogP contribution is -2.28. The van der Waals surface area contributed by atoms with E-state index in [1.807, 2.05) is 30.3 Å². The van der Waals surface area contributed by atoms with Crippen molar-refractivity contribution in [1.82, 2.24) is 0 Å². The predicted molar refractivity (Wildman–Crippen MR) is 135 cm³/mol. The van der Waals surface area contributed by atoms with Crippen molar-refractivity contribution in [3.63, 3.8) is 0 Å². The second-order valence-electron chi connectivity index (χ2n) is 9.54. The van der Waals surface area contributed by atoms with Gasteiger partial charge in [0.1, 0.15) is 35.2 Å². The lowest BCUT2D eigenvalue weighted by atomic mass is 9.88. The minimum absolute atomic E-state index is 0.196. The average Bonchev–Trinajstić information content (AvgIpc) is 2.85. The maximum absolute atomic E-state index is 6.35. The first-order chi connectivity index (χ1) is 16.5.